The summed E-state index contributed by atoms with van der Waals surface area (Å²) in [7, 11) is 3.14. The zero-order chi connectivity index (χ0) is 17.7. The zero-order valence-electron chi connectivity index (χ0n) is 13.9. The minimum Gasteiger partial charge on any atom is -0.493 e. The number of ketones is 1. The van der Waals surface area contributed by atoms with Gasteiger partial charge in [-0.05, 0) is 29.7 Å². The van der Waals surface area contributed by atoms with Gasteiger partial charge in [0.15, 0.2) is 17.3 Å². The lowest BCUT2D eigenvalue weighted by Gasteiger charge is -2.11. The number of hydrogen-bond donors (Lipinski definition) is 1. The summed E-state index contributed by atoms with van der Waals surface area (Å²) in [5.74, 6) is -1.21. The number of carboxylic acids is 1. The molecule has 126 valence electrons. The maximum absolute atomic E-state index is 12.2. The molecule has 2 aromatic rings. The van der Waals surface area contributed by atoms with Crippen molar-refractivity contribution in [1.82, 2.24) is 0 Å². The number of aliphatic carboxylic acids is 1. The minimum atomic E-state index is -1.09. The van der Waals surface area contributed by atoms with Gasteiger partial charge in [-0.1, -0.05) is 37.3 Å². The van der Waals surface area contributed by atoms with Gasteiger partial charge >= 0.3 is 5.97 Å². The van der Waals surface area contributed by atoms with E-state index in [1.165, 1.54) is 0 Å². The zero-order valence-corrected chi connectivity index (χ0v) is 13.9. The highest BCUT2D eigenvalue weighted by Crippen LogP contribution is 2.32. The molecule has 1 atom stereocenters. The number of Topliss-reactive ketones (excluding diaryl/α,β-unsaturated/α-hetero) is 1. The van der Waals surface area contributed by atoms with E-state index in [4.69, 9.17) is 14.6 Å². The number of methoxy groups -OCH3 is 2. The van der Waals surface area contributed by atoms with Gasteiger partial charge in [0.2, 0.25) is 0 Å². The fraction of sp³-hybridized carbons (Fsp3) is 0.263. The molecule has 0 fully saturated rings. The molecule has 0 saturated carbocycles. The van der Waals surface area contributed by atoms with Crippen molar-refractivity contribution in [1.29, 1.82) is 0 Å². The van der Waals surface area contributed by atoms with E-state index in [0.717, 1.165) is 11.1 Å². The monoisotopic (exact) mass is 328 g/mol. The minimum absolute atomic E-state index is 0.269. The lowest BCUT2D eigenvalue weighted by atomic mass is 9.94. The Kier molecular flexibility index (Phi) is 5.58. The largest absolute Gasteiger partial charge is 0.493 e. The van der Waals surface area contributed by atoms with Gasteiger partial charge in [-0.15, -0.1) is 0 Å². The highest BCUT2D eigenvalue weighted by atomic mass is 16.5. The van der Waals surface area contributed by atoms with Crippen molar-refractivity contribution in [3.63, 3.8) is 0 Å². The fourth-order valence-electron chi connectivity index (χ4n) is 2.52. The van der Waals surface area contributed by atoms with E-state index >= 15 is 0 Å². The Labute approximate surface area is 140 Å². The molecule has 0 saturated heterocycles. The topological polar surface area (TPSA) is 72.8 Å². The molecule has 2 aromatic carbocycles. The summed E-state index contributed by atoms with van der Waals surface area (Å²) in [4.78, 5) is 23.3. The molecule has 0 aliphatic heterocycles. The first kappa shape index (κ1) is 17.5. The summed E-state index contributed by atoms with van der Waals surface area (Å²) in [6.45, 7) is 1.69. The average Bonchev–Trinajstić information content (AvgIpc) is 2.61. The molecule has 2 rings (SSSR count). The van der Waals surface area contributed by atoms with E-state index in [-0.39, 0.29) is 12.2 Å². The molecule has 0 aliphatic rings. The predicted octanol–water partition coefficient (Wildman–Crippen LogP) is 3.66. The van der Waals surface area contributed by atoms with Crippen LogP contribution in [-0.2, 0) is 4.79 Å². The van der Waals surface area contributed by atoms with Crippen LogP contribution in [0.15, 0.2) is 42.5 Å². The summed E-state index contributed by atoms with van der Waals surface area (Å²) < 4.78 is 10.5. The second-order valence-electron chi connectivity index (χ2n) is 5.31. The first-order valence-electron chi connectivity index (χ1n) is 7.61. The Bertz CT molecular complexity index is 734. The fourth-order valence-corrected chi connectivity index (χ4v) is 2.52. The average molecular weight is 328 g/mol. The van der Waals surface area contributed by atoms with Crippen LogP contribution in [-0.4, -0.2) is 31.1 Å². The number of hydrogen-bond acceptors (Lipinski definition) is 4. The van der Waals surface area contributed by atoms with Crippen LogP contribution in [0.3, 0.4) is 0 Å². The summed E-state index contributed by atoms with van der Waals surface area (Å²) >= 11 is 0. The first-order chi connectivity index (χ1) is 11.5. The lowest BCUT2D eigenvalue weighted by molar-refractivity contribution is -0.140. The van der Waals surface area contributed by atoms with Crippen LogP contribution >= 0.6 is 0 Å². The number of carboxylic acid groups (broad SMARTS) is 1. The van der Waals surface area contributed by atoms with E-state index < -0.39 is 11.9 Å². The van der Waals surface area contributed by atoms with Gasteiger partial charge in [0.1, 0.15) is 5.92 Å². The first-order valence-corrected chi connectivity index (χ1v) is 7.61. The molecule has 1 N–H and O–H groups in total. The predicted molar refractivity (Wildman–Crippen MR) is 90.7 cm³/mol. The number of rotatable bonds is 7. The van der Waals surface area contributed by atoms with Crippen molar-refractivity contribution in [2.45, 2.75) is 13.3 Å². The van der Waals surface area contributed by atoms with Crippen LogP contribution < -0.4 is 9.47 Å². The Morgan fingerprint density at radius 3 is 2.04 bits per heavy atom. The van der Waals surface area contributed by atoms with Crippen molar-refractivity contribution in [2.24, 2.45) is 5.92 Å². The maximum Gasteiger partial charge on any atom is 0.314 e. The second-order valence-corrected chi connectivity index (χ2v) is 5.31. The summed E-state index contributed by atoms with van der Waals surface area (Å²) in [5, 5.41) is 9.10. The van der Waals surface area contributed by atoms with Crippen molar-refractivity contribution in [2.75, 3.05) is 14.2 Å². The lowest BCUT2D eigenvalue weighted by Crippen LogP contribution is -2.23. The molecule has 5 nitrogen and oxygen atoms in total. The molecule has 24 heavy (non-hydrogen) atoms. The normalized spacial score (nSPS) is 11.6. The summed E-state index contributed by atoms with van der Waals surface area (Å²) in [6.07, 6.45) is 0.269. The van der Waals surface area contributed by atoms with Gasteiger partial charge in [0.05, 0.1) is 14.2 Å². The van der Waals surface area contributed by atoms with Crippen LogP contribution in [0.25, 0.3) is 11.1 Å². The number of carbonyl (C=O) groups excluding carboxylic acids is 1. The Morgan fingerprint density at radius 1 is 0.958 bits per heavy atom. The third-order valence-electron chi connectivity index (χ3n) is 3.91. The summed E-state index contributed by atoms with van der Waals surface area (Å²) in [6, 6.07) is 12.4. The SMILES string of the molecule is CCC(C(=O)O)C(=O)c1ccc(-c2ccc(OC)c(OC)c2)cc1. The van der Waals surface area contributed by atoms with E-state index in [2.05, 4.69) is 0 Å². The molecular weight excluding hydrogens is 308 g/mol. The Balaban J connectivity index is 2.29. The van der Waals surface area contributed by atoms with Gasteiger partial charge in [0.25, 0.3) is 0 Å². The van der Waals surface area contributed by atoms with E-state index in [0.29, 0.717) is 17.1 Å². The highest BCUT2D eigenvalue weighted by Gasteiger charge is 2.25. The van der Waals surface area contributed by atoms with Gasteiger partial charge < -0.3 is 14.6 Å². The molecule has 0 radical (unpaired) electrons. The maximum atomic E-state index is 12.2. The molecule has 1 unspecified atom stereocenters. The van der Waals surface area contributed by atoms with Crippen molar-refractivity contribution in [3.05, 3.63) is 48.0 Å². The smallest absolute Gasteiger partial charge is 0.314 e. The van der Waals surface area contributed by atoms with Gasteiger partial charge in [0, 0.05) is 5.56 Å². The Hall–Kier alpha value is -2.82. The highest BCUT2D eigenvalue weighted by molar-refractivity contribution is 6.08. The number of benzene rings is 2. The van der Waals surface area contributed by atoms with Crippen molar-refractivity contribution in [3.8, 4) is 22.6 Å². The van der Waals surface area contributed by atoms with Gasteiger partial charge in [-0.25, -0.2) is 0 Å². The molecule has 0 aromatic heterocycles. The molecule has 0 amide bonds. The molecule has 0 heterocycles. The molecule has 5 heteroatoms. The standard InChI is InChI=1S/C19H20O5/c1-4-15(19(21)22)18(20)13-7-5-12(6-8-13)14-9-10-16(23-2)17(11-14)24-3/h5-11,15H,4H2,1-3H3,(H,21,22). The molecule has 0 aliphatic carbocycles. The third kappa shape index (κ3) is 3.56. The van der Waals surface area contributed by atoms with Crippen molar-refractivity contribution >= 4 is 11.8 Å². The summed E-state index contributed by atoms with van der Waals surface area (Å²) in [5.41, 5.74) is 2.21. The quantitative estimate of drug-likeness (QED) is 0.620. The van der Waals surface area contributed by atoms with Crippen LogP contribution in [0, 0.1) is 5.92 Å². The number of carbonyl (C=O) groups is 2. The molecule has 0 spiro atoms. The van der Waals surface area contributed by atoms with Crippen LogP contribution in [0.5, 0.6) is 11.5 Å². The molecule has 0 bridgehead atoms. The van der Waals surface area contributed by atoms with E-state index in [1.807, 2.05) is 18.2 Å². The van der Waals surface area contributed by atoms with Gasteiger partial charge in [-0.3, -0.25) is 9.59 Å². The van der Waals surface area contributed by atoms with Crippen LogP contribution in [0.4, 0.5) is 0 Å². The van der Waals surface area contributed by atoms with Crippen LogP contribution in [0.2, 0.25) is 0 Å². The van der Waals surface area contributed by atoms with Crippen molar-refractivity contribution < 1.29 is 24.2 Å². The molecular formula is C19H20O5. The van der Waals surface area contributed by atoms with E-state index in [1.54, 1.807) is 45.4 Å². The van der Waals surface area contributed by atoms with Crippen LogP contribution in [0.1, 0.15) is 23.7 Å². The van der Waals surface area contributed by atoms with E-state index in [9.17, 15) is 9.59 Å². The second kappa shape index (κ2) is 7.64. The Morgan fingerprint density at radius 2 is 1.54 bits per heavy atom. The third-order valence-corrected chi connectivity index (χ3v) is 3.91. The number of ether oxygens (including phenoxy) is 2. The van der Waals surface area contributed by atoms with Gasteiger partial charge in [-0.2, -0.15) is 0 Å².